The topological polar surface area (TPSA) is 76.6 Å². The van der Waals surface area contributed by atoms with Crippen LogP contribution in [0.4, 0.5) is 0 Å². The molecule has 1 aromatic rings. The van der Waals surface area contributed by atoms with Crippen LogP contribution in [-0.2, 0) is 16.1 Å². The van der Waals surface area contributed by atoms with E-state index in [9.17, 15) is 4.79 Å². The Bertz CT molecular complexity index is 684. The number of halogens is 1. The van der Waals surface area contributed by atoms with Crippen molar-refractivity contribution in [3.05, 3.63) is 17.0 Å². The van der Waals surface area contributed by atoms with E-state index >= 15 is 0 Å². The summed E-state index contributed by atoms with van der Waals surface area (Å²) >= 11 is 6.17. The van der Waals surface area contributed by atoms with Gasteiger partial charge in [-0.1, -0.05) is 18.5 Å². The van der Waals surface area contributed by atoms with Gasteiger partial charge in [-0.3, -0.25) is 4.79 Å². The first-order valence-corrected chi connectivity index (χ1v) is 10.8. The van der Waals surface area contributed by atoms with Crippen molar-refractivity contribution in [1.29, 1.82) is 0 Å². The Morgan fingerprint density at radius 2 is 2.11 bits per heavy atom. The molecule has 3 atom stereocenters. The molecule has 4 heterocycles. The lowest BCUT2D eigenvalue weighted by Crippen LogP contribution is -2.58. The van der Waals surface area contributed by atoms with Gasteiger partial charge in [0.1, 0.15) is 17.1 Å². The third kappa shape index (κ3) is 4.58. The van der Waals surface area contributed by atoms with Crippen molar-refractivity contribution in [3.63, 3.8) is 0 Å². The summed E-state index contributed by atoms with van der Waals surface area (Å²) in [7, 11) is 0. The van der Waals surface area contributed by atoms with E-state index in [1.165, 1.54) is 6.42 Å². The molecule has 3 aliphatic rings. The predicted octanol–water partition coefficient (Wildman–Crippen LogP) is 2.71. The molecule has 1 N–H and O–H groups in total. The zero-order valence-corrected chi connectivity index (χ0v) is 17.2. The molecule has 0 radical (unpaired) electrons. The first-order valence-electron chi connectivity index (χ1n) is 10.4. The van der Waals surface area contributed by atoms with Crippen molar-refractivity contribution in [1.82, 2.24) is 20.2 Å². The highest BCUT2D eigenvalue weighted by molar-refractivity contribution is 6.29. The quantitative estimate of drug-likeness (QED) is 0.729. The SMILES string of the molecule is CCC(=O)N1C2CCCC1CC(NCc1nc(Cl)cc(O[C@@H]3CCOC3)n1)C2. The van der Waals surface area contributed by atoms with Crippen LogP contribution in [0.25, 0.3) is 0 Å². The maximum atomic E-state index is 12.3. The van der Waals surface area contributed by atoms with Crippen molar-refractivity contribution in [2.24, 2.45) is 0 Å². The zero-order valence-electron chi connectivity index (χ0n) is 16.4. The molecule has 0 saturated carbocycles. The van der Waals surface area contributed by atoms with Crippen molar-refractivity contribution < 1.29 is 14.3 Å². The number of hydrogen-bond acceptors (Lipinski definition) is 6. The van der Waals surface area contributed by atoms with E-state index in [4.69, 9.17) is 21.1 Å². The van der Waals surface area contributed by atoms with E-state index in [0.29, 0.717) is 60.5 Å². The predicted molar refractivity (Wildman–Crippen MR) is 105 cm³/mol. The van der Waals surface area contributed by atoms with Gasteiger partial charge in [0.05, 0.1) is 19.8 Å². The number of piperidine rings is 2. The zero-order chi connectivity index (χ0) is 19.5. The van der Waals surface area contributed by atoms with Gasteiger partial charge in [-0.15, -0.1) is 0 Å². The summed E-state index contributed by atoms with van der Waals surface area (Å²) in [6, 6.07) is 2.74. The van der Waals surface area contributed by atoms with Crippen LogP contribution in [0.1, 0.15) is 57.7 Å². The summed E-state index contributed by atoms with van der Waals surface area (Å²) in [6.45, 7) is 3.81. The highest BCUT2D eigenvalue weighted by atomic mass is 35.5. The van der Waals surface area contributed by atoms with Crippen LogP contribution in [-0.4, -0.2) is 58.2 Å². The molecular formula is C20H29ClN4O3. The largest absolute Gasteiger partial charge is 0.472 e. The number of ether oxygens (including phenoxy) is 2. The van der Waals surface area contributed by atoms with E-state index in [2.05, 4.69) is 20.2 Å². The second-order valence-electron chi connectivity index (χ2n) is 7.99. The summed E-state index contributed by atoms with van der Waals surface area (Å²) in [5.41, 5.74) is 0. The van der Waals surface area contributed by atoms with E-state index in [-0.39, 0.29) is 6.10 Å². The van der Waals surface area contributed by atoms with E-state index in [1.807, 2.05) is 6.92 Å². The third-order valence-electron chi connectivity index (χ3n) is 6.01. The van der Waals surface area contributed by atoms with Crippen molar-refractivity contribution in [2.75, 3.05) is 13.2 Å². The Balaban J connectivity index is 1.35. The molecule has 2 unspecified atom stereocenters. The van der Waals surface area contributed by atoms with Gasteiger partial charge in [0.25, 0.3) is 0 Å². The first kappa shape index (κ1) is 19.9. The van der Waals surface area contributed by atoms with E-state index in [1.54, 1.807) is 6.07 Å². The van der Waals surface area contributed by atoms with Gasteiger partial charge in [0.15, 0.2) is 0 Å². The summed E-state index contributed by atoms with van der Waals surface area (Å²) in [4.78, 5) is 23.3. The molecule has 0 spiro atoms. The van der Waals surface area contributed by atoms with Crippen LogP contribution >= 0.6 is 11.6 Å². The maximum Gasteiger partial charge on any atom is 0.222 e. The number of fused-ring (bicyclic) bond motifs is 2. The number of aromatic nitrogens is 2. The normalized spacial score (nSPS) is 29.7. The average molecular weight is 409 g/mol. The molecule has 4 rings (SSSR count). The molecule has 1 aromatic heterocycles. The second-order valence-corrected chi connectivity index (χ2v) is 8.38. The number of amides is 1. The number of carbonyl (C=O) groups is 1. The molecule has 0 aromatic carbocycles. The number of nitrogens with one attached hydrogen (secondary N) is 1. The van der Waals surface area contributed by atoms with Crippen LogP contribution in [0, 0.1) is 0 Å². The Labute approximate surface area is 171 Å². The second kappa shape index (κ2) is 8.93. The number of nitrogens with zero attached hydrogens (tertiary/aromatic N) is 3. The number of carbonyl (C=O) groups excluding carboxylic acids is 1. The van der Waals surface area contributed by atoms with Gasteiger partial charge in [-0.2, -0.15) is 4.98 Å². The lowest BCUT2D eigenvalue weighted by atomic mass is 9.81. The van der Waals surface area contributed by atoms with Gasteiger partial charge in [0.2, 0.25) is 11.8 Å². The molecule has 3 aliphatic heterocycles. The fourth-order valence-electron chi connectivity index (χ4n) is 4.73. The number of hydrogen-bond donors (Lipinski definition) is 1. The Morgan fingerprint density at radius 1 is 1.32 bits per heavy atom. The Kier molecular flexibility index (Phi) is 6.33. The van der Waals surface area contributed by atoms with Gasteiger partial charge < -0.3 is 19.7 Å². The van der Waals surface area contributed by atoms with Gasteiger partial charge in [-0.25, -0.2) is 4.98 Å². The Hall–Kier alpha value is -1.44. The number of rotatable bonds is 6. The van der Waals surface area contributed by atoms with Crippen molar-refractivity contribution in [3.8, 4) is 5.88 Å². The highest BCUT2D eigenvalue weighted by Crippen LogP contribution is 2.34. The van der Waals surface area contributed by atoms with Gasteiger partial charge >= 0.3 is 0 Å². The van der Waals surface area contributed by atoms with Crippen LogP contribution < -0.4 is 10.1 Å². The summed E-state index contributed by atoms with van der Waals surface area (Å²) in [6.07, 6.45) is 6.91. The lowest BCUT2D eigenvalue weighted by molar-refractivity contribution is -0.141. The van der Waals surface area contributed by atoms with Crippen molar-refractivity contribution in [2.45, 2.75) is 82.6 Å². The van der Waals surface area contributed by atoms with Gasteiger partial charge in [0, 0.05) is 37.0 Å². The molecule has 2 bridgehead atoms. The lowest BCUT2D eigenvalue weighted by Gasteiger charge is -2.49. The van der Waals surface area contributed by atoms with Crippen LogP contribution in [0.15, 0.2) is 6.07 Å². The van der Waals surface area contributed by atoms with Gasteiger partial charge in [-0.05, 0) is 32.1 Å². The molecule has 3 saturated heterocycles. The maximum absolute atomic E-state index is 12.3. The van der Waals surface area contributed by atoms with E-state index < -0.39 is 0 Å². The molecule has 8 heteroatoms. The van der Waals surface area contributed by atoms with E-state index in [0.717, 1.165) is 38.7 Å². The third-order valence-corrected chi connectivity index (χ3v) is 6.20. The average Bonchev–Trinajstić information content (AvgIpc) is 3.17. The fourth-order valence-corrected chi connectivity index (χ4v) is 4.92. The van der Waals surface area contributed by atoms with Crippen LogP contribution in [0.3, 0.4) is 0 Å². The smallest absolute Gasteiger partial charge is 0.222 e. The minimum absolute atomic E-state index is 0.0339. The van der Waals surface area contributed by atoms with Crippen LogP contribution in [0.5, 0.6) is 5.88 Å². The molecule has 0 aliphatic carbocycles. The standard InChI is InChI=1S/C20H29ClN4O3/c1-2-20(26)25-14-4-3-5-15(25)9-13(8-14)22-11-18-23-17(21)10-19(24-18)28-16-6-7-27-12-16/h10,13-16,22H,2-9,11-12H2,1H3/t13?,14?,15?,16-/m1/s1. The molecule has 28 heavy (non-hydrogen) atoms. The summed E-state index contributed by atoms with van der Waals surface area (Å²) in [5, 5.41) is 3.98. The van der Waals surface area contributed by atoms with Crippen LogP contribution in [0.2, 0.25) is 5.15 Å². The molecule has 3 fully saturated rings. The summed E-state index contributed by atoms with van der Waals surface area (Å²) in [5.74, 6) is 1.44. The van der Waals surface area contributed by atoms with Crippen molar-refractivity contribution >= 4 is 17.5 Å². The molecule has 154 valence electrons. The Morgan fingerprint density at radius 3 is 2.79 bits per heavy atom. The molecule has 1 amide bonds. The monoisotopic (exact) mass is 408 g/mol. The fraction of sp³-hybridized carbons (Fsp3) is 0.750. The first-order chi connectivity index (χ1) is 13.6. The minimum Gasteiger partial charge on any atom is -0.472 e. The highest BCUT2D eigenvalue weighted by Gasteiger charge is 2.40. The molecular weight excluding hydrogens is 380 g/mol. The molecule has 7 nitrogen and oxygen atoms in total. The summed E-state index contributed by atoms with van der Waals surface area (Å²) < 4.78 is 11.2. The minimum atomic E-state index is 0.0339.